The number of alkyl halides is 3. The second-order valence-corrected chi connectivity index (χ2v) is 5.56. The van der Waals surface area contributed by atoms with Gasteiger partial charge in [0.2, 0.25) is 0 Å². The average Bonchev–Trinajstić information content (AvgIpc) is 3.14. The second kappa shape index (κ2) is 5.54. The fourth-order valence-corrected chi connectivity index (χ4v) is 2.49. The van der Waals surface area contributed by atoms with Crippen molar-refractivity contribution in [1.29, 1.82) is 0 Å². The van der Waals surface area contributed by atoms with Gasteiger partial charge in [0.15, 0.2) is 0 Å². The molecule has 0 amide bonds. The Balaban J connectivity index is 2.32. The maximum atomic E-state index is 12.9. The van der Waals surface area contributed by atoms with Crippen LogP contribution in [0.1, 0.15) is 37.3 Å². The van der Waals surface area contributed by atoms with Crippen molar-refractivity contribution in [3.63, 3.8) is 0 Å². The summed E-state index contributed by atoms with van der Waals surface area (Å²) in [4.78, 5) is 2.13. The number of anilines is 2. The molecule has 1 fully saturated rings. The van der Waals surface area contributed by atoms with Crippen molar-refractivity contribution in [2.24, 2.45) is 5.92 Å². The first-order valence-corrected chi connectivity index (χ1v) is 7.05. The predicted molar refractivity (Wildman–Crippen MR) is 75.8 cm³/mol. The van der Waals surface area contributed by atoms with Gasteiger partial charge in [0.05, 0.1) is 16.9 Å². The third kappa shape index (κ3) is 3.19. The Morgan fingerprint density at radius 2 is 1.95 bits per heavy atom. The molecule has 1 saturated carbocycles. The molecule has 5 heteroatoms. The zero-order valence-corrected chi connectivity index (χ0v) is 11.9. The molecule has 2 N–H and O–H groups in total. The molecule has 0 saturated heterocycles. The van der Waals surface area contributed by atoms with Gasteiger partial charge in [-0.05, 0) is 49.8 Å². The number of nitrogens with two attached hydrogens (primary N) is 1. The topological polar surface area (TPSA) is 29.3 Å². The fraction of sp³-hybridized carbons (Fsp3) is 0.600. The largest absolute Gasteiger partial charge is 0.416 e. The molecule has 0 aliphatic heterocycles. The summed E-state index contributed by atoms with van der Waals surface area (Å²) >= 11 is 0. The summed E-state index contributed by atoms with van der Waals surface area (Å²) < 4.78 is 38.6. The summed E-state index contributed by atoms with van der Waals surface area (Å²) in [7, 11) is 0. The van der Waals surface area contributed by atoms with Crippen LogP contribution < -0.4 is 10.6 Å². The Morgan fingerprint density at radius 3 is 2.45 bits per heavy atom. The number of rotatable bonds is 5. The highest BCUT2D eigenvalue weighted by molar-refractivity contribution is 5.73. The van der Waals surface area contributed by atoms with Crippen molar-refractivity contribution < 1.29 is 13.2 Å². The molecule has 0 aromatic heterocycles. The van der Waals surface area contributed by atoms with Crippen LogP contribution in [-0.4, -0.2) is 13.1 Å². The summed E-state index contributed by atoms with van der Waals surface area (Å²) in [6.07, 6.45) is -0.978. The first-order valence-electron chi connectivity index (χ1n) is 7.05. The Bertz CT molecular complexity index is 479. The van der Waals surface area contributed by atoms with E-state index >= 15 is 0 Å². The van der Waals surface area contributed by atoms with Crippen molar-refractivity contribution in [1.82, 2.24) is 0 Å². The predicted octanol–water partition coefficient (Wildman–Crippen LogP) is 4.22. The van der Waals surface area contributed by atoms with E-state index in [1.54, 1.807) is 0 Å². The van der Waals surface area contributed by atoms with Crippen LogP contribution in [0, 0.1) is 12.8 Å². The first-order chi connectivity index (χ1) is 9.34. The van der Waals surface area contributed by atoms with Gasteiger partial charge < -0.3 is 10.6 Å². The number of hydrogen-bond donors (Lipinski definition) is 1. The third-order valence-electron chi connectivity index (χ3n) is 3.81. The number of halogens is 3. The second-order valence-electron chi connectivity index (χ2n) is 5.56. The van der Waals surface area contributed by atoms with Crippen molar-refractivity contribution in [3.05, 3.63) is 23.3 Å². The van der Waals surface area contributed by atoms with E-state index in [0.717, 1.165) is 31.3 Å². The molecule has 20 heavy (non-hydrogen) atoms. The van der Waals surface area contributed by atoms with Crippen LogP contribution in [0.25, 0.3) is 0 Å². The Kier molecular flexibility index (Phi) is 4.16. The number of nitrogens with zero attached hydrogens (tertiary/aromatic N) is 1. The van der Waals surface area contributed by atoms with Gasteiger partial charge in [0, 0.05) is 13.1 Å². The molecule has 0 spiro atoms. The Labute approximate surface area is 117 Å². The molecule has 0 bridgehead atoms. The van der Waals surface area contributed by atoms with Gasteiger partial charge in [0.1, 0.15) is 0 Å². The summed E-state index contributed by atoms with van der Waals surface area (Å²) in [5, 5.41) is 0. The zero-order valence-electron chi connectivity index (χ0n) is 11.9. The quantitative estimate of drug-likeness (QED) is 0.821. The van der Waals surface area contributed by atoms with Gasteiger partial charge in [-0.15, -0.1) is 0 Å². The van der Waals surface area contributed by atoms with Gasteiger partial charge in [-0.1, -0.05) is 6.92 Å². The molecule has 0 unspecified atom stereocenters. The molecule has 1 aromatic carbocycles. The summed E-state index contributed by atoms with van der Waals surface area (Å²) in [6, 6.07) is 2.67. The van der Waals surface area contributed by atoms with Crippen molar-refractivity contribution in [2.75, 3.05) is 23.7 Å². The number of benzene rings is 1. The summed E-state index contributed by atoms with van der Waals surface area (Å²) in [5.41, 5.74) is 6.46. The highest BCUT2D eigenvalue weighted by Crippen LogP contribution is 2.39. The number of nitrogen functional groups attached to an aromatic ring is 1. The molecule has 1 aliphatic rings. The molecule has 112 valence electrons. The Hall–Kier alpha value is -1.39. The minimum atomic E-state index is -4.34. The molecule has 0 atom stereocenters. The lowest BCUT2D eigenvalue weighted by molar-refractivity contribution is -0.138. The lowest BCUT2D eigenvalue weighted by atomic mass is 10.0. The van der Waals surface area contributed by atoms with Gasteiger partial charge in [-0.3, -0.25) is 0 Å². The van der Waals surface area contributed by atoms with E-state index in [-0.39, 0.29) is 11.3 Å². The molecule has 0 radical (unpaired) electrons. The van der Waals surface area contributed by atoms with E-state index in [2.05, 4.69) is 11.8 Å². The van der Waals surface area contributed by atoms with Gasteiger partial charge in [0.25, 0.3) is 0 Å². The molecular formula is C15H21F3N2. The normalized spacial score (nSPS) is 15.4. The van der Waals surface area contributed by atoms with E-state index in [0.29, 0.717) is 5.92 Å². The van der Waals surface area contributed by atoms with E-state index in [1.165, 1.54) is 25.8 Å². The van der Waals surface area contributed by atoms with Crippen molar-refractivity contribution in [3.8, 4) is 0 Å². The van der Waals surface area contributed by atoms with Crippen LogP contribution in [0.2, 0.25) is 0 Å². The van der Waals surface area contributed by atoms with E-state index in [1.807, 2.05) is 0 Å². The Morgan fingerprint density at radius 1 is 1.30 bits per heavy atom. The zero-order chi connectivity index (χ0) is 14.9. The highest BCUT2D eigenvalue weighted by atomic mass is 19.4. The van der Waals surface area contributed by atoms with Crippen LogP contribution in [0.4, 0.5) is 24.5 Å². The van der Waals surface area contributed by atoms with Crippen LogP contribution >= 0.6 is 0 Å². The maximum absolute atomic E-state index is 12.9. The SMILES string of the molecule is CCCN(CC1CC1)c1ccc(C(F)(F)F)c(C)c1N. The lowest BCUT2D eigenvalue weighted by Gasteiger charge is -2.27. The third-order valence-corrected chi connectivity index (χ3v) is 3.81. The molecule has 1 aromatic rings. The van der Waals surface area contributed by atoms with E-state index in [9.17, 15) is 13.2 Å². The van der Waals surface area contributed by atoms with E-state index < -0.39 is 11.7 Å². The van der Waals surface area contributed by atoms with Gasteiger partial charge in [-0.2, -0.15) is 13.2 Å². The molecule has 1 aliphatic carbocycles. The molecular weight excluding hydrogens is 265 g/mol. The van der Waals surface area contributed by atoms with Crippen molar-refractivity contribution >= 4 is 11.4 Å². The summed E-state index contributed by atoms with van der Waals surface area (Å²) in [6.45, 7) is 5.23. The minimum absolute atomic E-state index is 0.131. The average molecular weight is 286 g/mol. The molecule has 2 nitrogen and oxygen atoms in total. The van der Waals surface area contributed by atoms with Gasteiger partial charge >= 0.3 is 6.18 Å². The standard InChI is InChI=1S/C15H21F3N2/c1-3-8-20(9-11-4-5-11)13-7-6-12(15(16,17)18)10(2)14(13)19/h6-7,11H,3-5,8-9,19H2,1-2H3. The van der Waals surface area contributed by atoms with Crippen LogP contribution in [0.3, 0.4) is 0 Å². The fourth-order valence-electron chi connectivity index (χ4n) is 2.49. The number of hydrogen-bond acceptors (Lipinski definition) is 2. The van der Waals surface area contributed by atoms with Crippen LogP contribution in [0.15, 0.2) is 12.1 Å². The van der Waals surface area contributed by atoms with Gasteiger partial charge in [-0.25, -0.2) is 0 Å². The molecule has 2 rings (SSSR count). The molecule has 0 heterocycles. The highest BCUT2D eigenvalue weighted by Gasteiger charge is 2.34. The lowest BCUT2D eigenvalue weighted by Crippen LogP contribution is -2.28. The van der Waals surface area contributed by atoms with Crippen molar-refractivity contribution in [2.45, 2.75) is 39.3 Å². The first kappa shape index (κ1) is 15.0. The summed E-state index contributed by atoms with van der Waals surface area (Å²) in [5.74, 6) is 0.670. The van der Waals surface area contributed by atoms with Crippen LogP contribution in [-0.2, 0) is 6.18 Å². The monoisotopic (exact) mass is 286 g/mol. The maximum Gasteiger partial charge on any atom is 0.416 e. The minimum Gasteiger partial charge on any atom is -0.397 e. The van der Waals surface area contributed by atoms with E-state index in [4.69, 9.17) is 5.73 Å². The van der Waals surface area contributed by atoms with Crippen LogP contribution in [0.5, 0.6) is 0 Å². The smallest absolute Gasteiger partial charge is 0.397 e.